The molecule has 1 aromatic carbocycles. The third-order valence-corrected chi connectivity index (χ3v) is 6.36. The van der Waals surface area contributed by atoms with E-state index in [1.54, 1.807) is 15.6 Å². The van der Waals surface area contributed by atoms with E-state index in [1.165, 1.54) is 0 Å². The first kappa shape index (κ1) is 26.4. The van der Waals surface area contributed by atoms with Crippen LogP contribution in [0.3, 0.4) is 0 Å². The van der Waals surface area contributed by atoms with Crippen molar-refractivity contribution in [2.24, 2.45) is 0 Å². The van der Waals surface area contributed by atoms with Crippen LogP contribution < -0.4 is 5.32 Å². The number of nitrogens with zero attached hydrogens (tertiary/aromatic N) is 5. The fraction of sp³-hybridized carbons (Fsp3) is 0.538. The molecule has 190 valence electrons. The van der Waals surface area contributed by atoms with E-state index < -0.39 is 0 Å². The molecule has 3 rings (SSSR count). The summed E-state index contributed by atoms with van der Waals surface area (Å²) in [7, 11) is 3.90. The highest BCUT2D eigenvalue weighted by molar-refractivity contribution is 5.98. The normalized spacial score (nSPS) is 14.4. The Labute approximate surface area is 208 Å². The van der Waals surface area contributed by atoms with Crippen molar-refractivity contribution in [3.05, 3.63) is 53.3 Å². The molecule has 0 spiro atoms. The highest BCUT2D eigenvalue weighted by atomic mass is 16.2. The van der Waals surface area contributed by atoms with Crippen molar-refractivity contribution in [1.29, 1.82) is 0 Å². The second-order valence-corrected chi connectivity index (χ2v) is 9.36. The summed E-state index contributed by atoms with van der Waals surface area (Å²) in [6.45, 7) is 7.35. The smallest absolute Gasteiger partial charge is 0.274 e. The Bertz CT molecular complexity index is 1000. The van der Waals surface area contributed by atoms with E-state index in [1.807, 2.05) is 68.1 Å². The van der Waals surface area contributed by atoms with Gasteiger partial charge >= 0.3 is 0 Å². The van der Waals surface area contributed by atoms with E-state index in [0.29, 0.717) is 38.4 Å². The minimum absolute atomic E-state index is 0.0520. The van der Waals surface area contributed by atoms with Crippen molar-refractivity contribution in [3.63, 3.8) is 0 Å². The molecule has 0 bridgehead atoms. The molecule has 2 heterocycles. The Balaban J connectivity index is 1.70. The number of hydrogen-bond donors (Lipinski definition) is 1. The van der Waals surface area contributed by atoms with Gasteiger partial charge in [0.05, 0.1) is 0 Å². The molecule has 9 heteroatoms. The predicted octanol–water partition coefficient (Wildman–Crippen LogP) is 2.24. The number of aryl methyl sites for hydroxylation is 1. The number of fused-ring (bicyclic) bond motifs is 1. The van der Waals surface area contributed by atoms with Crippen LogP contribution in [0.1, 0.15) is 59.7 Å². The SMILES string of the molecule is CCC(C)N(CCC(=O)NCCN(C)C)C(=O)c1cc2n(n1)CCCN(Cc1ccccc1)C2=O. The summed E-state index contributed by atoms with van der Waals surface area (Å²) < 4.78 is 1.66. The van der Waals surface area contributed by atoms with Gasteiger partial charge < -0.3 is 20.0 Å². The van der Waals surface area contributed by atoms with E-state index >= 15 is 0 Å². The summed E-state index contributed by atoms with van der Waals surface area (Å²) in [6, 6.07) is 11.5. The molecule has 1 aliphatic heterocycles. The highest BCUT2D eigenvalue weighted by Crippen LogP contribution is 2.19. The minimum Gasteiger partial charge on any atom is -0.355 e. The Morgan fingerprint density at radius 2 is 1.89 bits per heavy atom. The molecule has 1 N–H and O–H groups in total. The standard InChI is InChI=1S/C26H38N6O3/c1-5-20(2)31(16-12-24(33)27-13-17-29(3)4)25(34)22-18-23-26(35)30(14-9-15-32(23)28-22)19-21-10-7-6-8-11-21/h6-8,10-11,18,20H,5,9,12-17,19H2,1-4H3,(H,27,33). The van der Waals surface area contributed by atoms with E-state index in [4.69, 9.17) is 0 Å². The first-order valence-corrected chi connectivity index (χ1v) is 12.4. The number of carbonyl (C=O) groups excluding carboxylic acids is 3. The van der Waals surface area contributed by atoms with Gasteiger partial charge in [0.2, 0.25) is 5.91 Å². The molecule has 2 aromatic rings. The first-order valence-electron chi connectivity index (χ1n) is 12.4. The van der Waals surface area contributed by atoms with E-state index in [9.17, 15) is 14.4 Å². The van der Waals surface area contributed by atoms with Crippen molar-refractivity contribution < 1.29 is 14.4 Å². The number of carbonyl (C=O) groups is 3. The Hall–Kier alpha value is -3.20. The van der Waals surface area contributed by atoms with Gasteiger partial charge in [0.1, 0.15) is 5.69 Å². The zero-order valence-corrected chi connectivity index (χ0v) is 21.4. The van der Waals surface area contributed by atoms with Gasteiger partial charge in [-0.25, -0.2) is 0 Å². The zero-order valence-electron chi connectivity index (χ0n) is 21.4. The van der Waals surface area contributed by atoms with Crippen LogP contribution in [0.15, 0.2) is 36.4 Å². The molecule has 0 aliphatic carbocycles. The number of rotatable bonds is 11. The average Bonchev–Trinajstić information content (AvgIpc) is 3.21. The largest absolute Gasteiger partial charge is 0.355 e. The maximum Gasteiger partial charge on any atom is 0.274 e. The molecule has 35 heavy (non-hydrogen) atoms. The van der Waals surface area contributed by atoms with Crippen molar-refractivity contribution in [2.75, 3.05) is 40.3 Å². The minimum atomic E-state index is -0.247. The van der Waals surface area contributed by atoms with Gasteiger partial charge in [-0.3, -0.25) is 19.1 Å². The number of nitrogens with one attached hydrogen (secondary N) is 1. The fourth-order valence-corrected chi connectivity index (χ4v) is 4.11. The van der Waals surface area contributed by atoms with Gasteiger partial charge in [-0.15, -0.1) is 0 Å². The van der Waals surface area contributed by atoms with Crippen LogP contribution in [0.25, 0.3) is 0 Å². The molecule has 0 radical (unpaired) electrons. The van der Waals surface area contributed by atoms with Crippen molar-refractivity contribution in [3.8, 4) is 0 Å². The molecule has 1 unspecified atom stereocenters. The van der Waals surface area contributed by atoms with E-state index in [-0.39, 0.29) is 35.9 Å². The molecule has 3 amide bonds. The van der Waals surface area contributed by atoms with E-state index in [0.717, 1.165) is 24.9 Å². The van der Waals surface area contributed by atoms with Crippen LogP contribution in [0, 0.1) is 0 Å². The van der Waals surface area contributed by atoms with Crippen molar-refractivity contribution >= 4 is 17.7 Å². The number of benzene rings is 1. The Morgan fingerprint density at radius 1 is 1.14 bits per heavy atom. The lowest BCUT2D eigenvalue weighted by Crippen LogP contribution is -2.41. The van der Waals surface area contributed by atoms with Crippen molar-refractivity contribution in [2.45, 2.75) is 52.2 Å². The third kappa shape index (κ3) is 7.14. The summed E-state index contributed by atoms with van der Waals surface area (Å²) in [5.74, 6) is -0.447. The predicted molar refractivity (Wildman–Crippen MR) is 135 cm³/mol. The second kappa shape index (κ2) is 12.5. The van der Waals surface area contributed by atoms with Crippen LogP contribution in [-0.4, -0.2) is 88.5 Å². The molecule has 9 nitrogen and oxygen atoms in total. The number of aromatic nitrogens is 2. The fourth-order valence-electron chi connectivity index (χ4n) is 4.11. The number of likely N-dealkylation sites (N-methyl/N-ethyl adjacent to an activating group) is 1. The van der Waals surface area contributed by atoms with Crippen LogP contribution in [0.2, 0.25) is 0 Å². The lowest BCUT2D eigenvalue weighted by Gasteiger charge is -2.27. The Kier molecular flexibility index (Phi) is 9.42. The highest BCUT2D eigenvalue weighted by Gasteiger charge is 2.29. The molecule has 1 aliphatic rings. The first-order chi connectivity index (χ1) is 16.8. The summed E-state index contributed by atoms with van der Waals surface area (Å²) in [4.78, 5) is 44.5. The van der Waals surface area contributed by atoms with Gasteiger partial charge in [0.15, 0.2) is 5.69 Å². The summed E-state index contributed by atoms with van der Waals surface area (Å²) >= 11 is 0. The summed E-state index contributed by atoms with van der Waals surface area (Å²) in [5, 5.41) is 7.40. The van der Waals surface area contributed by atoms with Crippen LogP contribution in [-0.2, 0) is 17.9 Å². The number of amides is 3. The Morgan fingerprint density at radius 3 is 2.57 bits per heavy atom. The maximum atomic E-state index is 13.4. The molecular weight excluding hydrogens is 444 g/mol. The van der Waals surface area contributed by atoms with Crippen LogP contribution in [0.4, 0.5) is 0 Å². The molecule has 0 saturated heterocycles. The van der Waals surface area contributed by atoms with Crippen LogP contribution >= 0.6 is 0 Å². The maximum absolute atomic E-state index is 13.4. The molecule has 0 saturated carbocycles. The van der Waals surface area contributed by atoms with Gasteiger partial charge in [0, 0.05) is 57.8 Å². The zero-order chi connectivity index (χ0) is 25.4. The van der Waals surface area contributed by atoms with Crippen LogP contribution in [0.5, 0.6) is 0 Å². The van der Waals surface area contributed by atoms with Gasteiger partial charge in [-0.1, -0.05) is 37.3 Å². The van der Waals surface area contributed by atoms with E-state index in [2.05, 4.69) is 10.4 Å². The summed E-state index contributed by atoms with van der Waals surface area (Å²) in [5.41, 5.74) is 1.76. The average molecular weight is 483 g/mol. The monoisotopic (exact) mass is 482 g/mol. The van der Waals surface area contributed by atoms with Gasteiger partial charge in [-0.2, -0.15) is 5.10 Å². The summed E-state index contributed by atoms with van der Waals surface area (Å²) in [6.07, 6.45) is 1.75. The second-order valence-electron chi connectivity index (χ2n) is 9.36. The van der Waals surface area contributed by atoms with Gasteiger partial charge in [-0.05, 0) is 39.4 Å². The molecule has 1 aromatic heterocycles. The lowest BCUT2D eigenvalue weighted by molar-refractivity contribution is -0.121. The van der Waals surface area contributed by atoms with Gasteiger partial charge in [0.25, 0.3) is 11.8 Å². The third-order valence-electron chi connectivity index (χ3n) is 6.36. The quantitative estimate of drug-likeness (QED) is 0.531. The van der Waals surface area contributed by atoms with Crippen molar-refractivity contribution in [1.82, 2.24) is 29.8 Å². The molecular formula is C26H38N6O3. The number of hydrogen-bond acceptors (Lipinski definition) is 5. The topological polar surface area (TPSA) is 90.8 Å². The molecule has 0 fully saturated rings. The molecule has 1 atom stereocenters. The lowest BCUT2D eigenvalue weighted by atomic mass is 10.1.